The van der Waals surface area contributed by atoms with Crippen LogP contribution in [0.25, 0.3) is 10.9 Å². The summed E-state index contributed by atoms with van der Waals surface area (Å²) in [6, 6.07) is 17.5. The van der Waals surface area contributed by atoms with E-state index >= 15 is 4.79 Å². The van der Waals surface area contributed by atoms with E-state index in [2.05, 4.69) is 47.6 Å². The number of fused-ring (bicyclic) bond motifs is 6. The normalized spacial score (nSPS) is 27.0. The number of carbonyl (C=O) groups excluding carboxylic acids is 6. The molecule has 3 aromatic carbocycles. The molecular weight excluding hydrogens is 1390 g/mol. The highest BCUT2D eigenvalue weighted by Gasteiger charge is 2.81. The van der Waals surface area contributed by atoms with E-state index in [-0.39, 0.29) is 74.5 Å². The number of anilines is 1. The van der Waals surface area contributed by atoms with Crippen molar-refractivity contribution in [2.24, 2.45) is 28.1 Å². The van der Waals surface area contributed by atoms with Gasteiger partial charge in [0.25, 0.3) is 12.3 Å². The Kier molecular flexibility index (Phi) is 28.8. The van der Waals surface area contributed by atoms with E-state index in [0.29, 0.717) is 105 Å². The molecule has 7 aliphatic rings. The maximum absolute atomic E-state index is 15.3. The number of piperidine rings is 1. The minimum absolute atomic E-state index is 0. The molecule has 2 unspecified atom stereocenters. The van der Waals surface area contributed by atoms with Gasteiger partial charge in [-0.05, 0) is 145 Å². The zero-order chi connectivity index (χ0) is 75.4. The molecule has 5 aliphatic heterocycles. The molecule has 1 aromatic heterocycles. The molecule has 104 heavy (non-hydrogen) atoms. The van der Waals surface area contributed by atoms with Crippen LogP contribution in [0.1, 0.15) is 150 Å². The molecule has 4 aromatic rings. The number of hydrogen-bond donors (Lipinski definition) is 10. The van der Waals surface area contributed by atoms with Gasteiger partial charge < -0.3 is 66.3 Å². The van der Waals surface area contributed by atoms with E-state index in [1.807, 2.05) is 95.4 Å². The number of para-hydroxylation sites is 1. The molecule has 2 saturated heterocycles. The number of aliphatic hydroxyl groups is 2. The standard InChI is InChI=1S/C46H56N4O10.C12H19N3O.C9H16ClN3O2.C6H12F2N2O2.ClH/c1-7-42(55)22-28-23-45(40(53)58-5,36-30(14-18-48(24-28)25-42)29-12-9-10-13-33(29)47-36)32-20-31-34(21-35(32)57-4)50(26-51)38-44(31)16-19-49-17-11-15-43(8-2,37(44)49)39(60-27(3)52)46(38,56)41(54)59-6;1-9(2)15-12(16)11-6-4-10(5-7-11)8-14-13-3;10-6-7-13(12-15)9(14)11-8-4-2-1-3-5-8;7-4(8)6(10,5(11)12)2-1-3-9;/h9-13,15,20-21,26,28,37-39,47,55-56H,7-8,14,16-19,22-25H2,1-6H3;4-7,9,13-14H,8H2,1-3H3,(H,15,16);8H,1-7H2,(H,11,14);4H,1-3,9-10H2,(H,11,12);1H/t28-,37-,38+,39+,42-,43+,44+,45-,46-;;;;/m0..../s1. The number of carboxylic acid groups (broad SMARTS) is 1. The van der Waals surface area contributed by atoms with Gasteiger partial charge in [-0.15, -0.1) is 28.9 Å². The van der Waals surface area contributed by atoms with Crippen LogP contribution in [0, 0.1) is 16.2 Å². The maximum Gasteiger partial charge on any atom is 0.344 e. The van der Waals surface area contributed by atoms with Gasteiger partial charge >= 0.3 is 29.9 Å². The second-order valence-corrected chi connectivity index (χ2v) is 28.6. The molecule has 12 N–H and O–H groups in total. The fourth-order valence-electron chi connectivity index (χ4n) is 17.1. The molecule has 1 spiro atoms. The van der Waals surface area contributed by atoms with Gasteiger partial charge in [0.2, 0.25) is 12.0 Å². The summed E-state index contributed by atoms with van der Waals surface area (Å²) in [5, 5.41) is 43.7. The second-order valence-electron chi connectivity index (χ2n) is 28.3. The number of rotatable bonds is 22. The first-order valence-corrected chi connectivity index (χ1v) is 35.9. The summed E-state index contributed by atoms with van der Waals surface area (Å²) in [4.78, 5) is 110. The predicted octanol–water partition coefficient (Wildman–Crippen LogP) is 7.01. The summed E-state index contributed by atoms with van der Waals surface area (Å²) in [6.07, 6.45) is 8.09. The number of nitroso groups, excluding NO2 is 1. The monoisotopic (exact) mass is 1500 g/mol. The predicted molar refractivity (Wildman–Crippen MR) is 390 cm³/mol. The second kappa shape index (κ2) is 35.8. The third kappa shape index (κ3) is 16.4. The van der Waals surface area contributed by atoms with Crippen molar-refractivity contribution in [3.63, 3.8) is 0 Å². The van der Waals surface area contributed by atoms with Gasteiger partial charge in [0.1, 0.15) is 11.2 Å². The lowest BCUT2D eigenvalue weighted by Crippen LogP contribution is -2.81. The molecule has 27 nitrogen and oxygen atoms in total. The number of nitrogens with two attached hydrogens (primary N) is 2. The van der Waals surface area contributed by atoms with Crippen molar-refractivity contribution in [1.29, 1.82) is 0 Å². The number of carbonyl (C=O) groups is 7. The number of amides is 4. The van der Waals surface area contributed by atoms with E-state index in [9.17, 15) is 52.7 Å². The summed E-state index contributed by atoms with van der Waals surface area (Å²) in [5.41, 5.74) is 12.1. The zero-order valence-electron chi connectivity index (χ0n) is 60.8. The summed E-state index contributed by atoms with van der Waals surface area (Å²) in [7, 11) is 5.91. The van der Waals surface area contributed by atoms with E-state index in [0.717, 1.165) is 59.3 Å². The average Bonchev–Trinajstić information content (AvgIpc) is 1.47. The molecule has 11 atom stereocenters. The van der Waals surface area contributed by atoms with E-state index in [1.165, 1.54) is 39.6 Å². The van der Waals surface area contributed by atoms with Crippen LogP contribution >= 0.6 is 24.0 Å². The van der Waals surface area contributed by atoms with Crippen LogP contribution in [0.4, 0.5) is 19.3 Å². The molecule has 4 fully saturated rings. The van der Waals surface area contributed by atoms with Gasteiger partial charge in [-0.25, -0.2) is 23.2 Å². The van der Waals surface area contributed by atoms with Crippen molar-refractivity contribution in [3.8, 4) is 5.75 Å². The number of methoxy groups -OCH3 is 3. The third-order valence-electron chi connectivity index (χ3n) is 21.8. The van der Waals surface area contributed by atoms with Crippen LogP contribution in [0.2, 0.25) is 0 Å². The first-order valence-electron chi connectivity index (χ1n) is 35.4. The van der Waals surface area contributed by atoms with Crippen LogP contribution in [0.15, 0.2) is 78.1 Å². The highest BCUT2D eigenvalue weighted by Crippen LogP contribution is 2.68. The molecule has 2 saturated carbocycles. The molecule has 2 aliphatic carbocycles. The highest BCUT2D eigenvalue weighted by molar-refractivity contribution is 6.18. The number of nitrogens with zero attached hydrogens (tertiary/aromatic N) is 5. The Balaban J connectivity index is 0.000000277. The molecule has 31 heteroatoms. The van der Waals surface area contributed by atoms with E-state index in [4.69, 9.17) is 47.1 Å². The number of urea groups is 1. The lowest BCUT2D eigenvalue weighted by atomic mass is 9.47. The smallest absolute Gasteiger partial charge is 0.344 e. The average molecular weight is 1500 g/mol. The van der Waals surface area contributed by atoms with Crippen LogP contribution in [0.3, 0.4) is 0 Å². The fourth-order valence-corrected chi connectivity index (χ4v) is 17.3. The van der Waals surface area contributed by atoms with Crippen molar-refractivity contribution in [3.05, 3.63) is 111 Å². The molecule has 6 heterocycles. The van der Waals surface area contributed by atoms with Gasteiger partial charge in [-0.2, -0.15) is 5.01 Å². The number of benzene rings is 3. The summed E-state index contributed by atoms with van der Waals surface area (Å²) in [5.74, 6) is -3.57. The van der Waals surface area contributed by atoms with Gasteiger partial charge in [-0.3, -0.25) is 39.8 Å². The van der Waals surface area contributed by atoms with Crippen LogP contribution in [-0.2, 0) is 62.0 Å². The van der Waals surface area contributed by atoms with Gasteiger partial charge in [0.05, 0.1) is 50.5 Å². The van der Waals surface area contributed by atoms with Crippen LogP contribution in [0.5, 0.6) is 5.75 Å². The summed E-state index contributed by atoms with van der Waals surface area (Å²) >= 11 is 5.44. The fraction of sp³-hybridized carbons (Fsp3) is 0.603. The van der Waals surface area contributed by atoms with Crippen molar-refractivity contribution >= 4 is 82.8 Å². The summed E-state index contributed by atoms with van der Waals surface area (Å²) in [6.45, 7) is 13.1. The molecule has 4 amide bonds. The molecule has 11 rings (SSSR count). The maximum atomic E-state index is 15.3. The molecule has 0 radical (unpaired) electrons. The number of carboxylic acids is 1. The highest BCUT2D eigenvalue weighted by atomic mass is 35.5. The zero-order valence-corrected chi connectivity index (χ0v) is 62.3. The Morgan fingerprint density at radius 2 is 1.63 bits per heavy atom. The van der Waals surface area contributed by atoms with Gasteiger partial charge in [0.15, 0.2) is 11.6 Å². The Bertz CT molecular complexity index is 3700. The number of esters is 3. The number of hydrazine groups is 1. The van der Waals surface area contributed by atoms with E-state index < -0.39 is 87.5 Å². The molecular formula is C73H104Cl2F2N12O15. The van der Waals surface area contributed by atoms with Crippen LogP contribution in [-0.4, -0.2) is 211 Å². The Morgan fingerprint density at radius 1 is 0.942 bits per heavy atom. The van der Waals surface area contributed by atoms with Crippen molar-refractivity contribution < 1.29 is 76.6 Å². The number of aromatic amines is 1. The minimum atomic E-state index is -3.07. The number of alkyl halides is 3. The van der Waals surface area contributed by atoms with E-state index in [1.54, 1.807) is 6.07 Å². The summed E-state index contributed by atoms with van der Waals surface area (Å²) < 4.78 is 47.9. The third-order valence-corrected chi connectivity index (χ3v) is 21.9. The Hall–Kier alpha value is -7.45. The van der Waals surface area contributed by atoms with Crippen molar-refractivity contribution in [2.45, 2.75) is 189 Å². The minimum Gasteiger partial charge on any atom is -0.496 e. The molecule has 574 valence electrons. The number of H-pyrrole nitrogens is 1. The van der Waals surface area contributed by atoms with Gasteiger partial charge in [-0.1, -0.05) is 75.6 Å². The van der Waals surface area contributed by atoms with Crippen molar-refractivity contribution in [1.82, 2.24) is 41.3 Å². The molecule has 2 bridgehead atoms. The van der Waals surface area contributed by atoms with Crippen LogP contribution < -0.4 is 42.6 Å². The number of ether oxygens (including phenoxy) is 4. The first kappa shape index (κ1) is 83.8. The van der Waals surface area contributed by atoms with Gasteiger partial charge in [0, 0.05) is 108 Å². The Labute approximate surface area is 616 Å². The lowest BCUT2D eigenvalue weighted by Gasteiger charge is -2.63. The SMILES string of the molecule is CC[C@]1(O)C[C@@H]2CN(CCc3c([nH]c4ccccc34)[C@@](C(=O)OC)(c3cc4c(cc3OC)N(C=O)[C@H]3[C@@](O)(C(=O)OC)[C@H](OC(C)=O)[C@]5(CC)C=CCN6CC[C@]43[C@@H]65)C2)C1.CNNCc1ccc(C(=O)NC(C)C)cc1.Cl.NCCCC(N)(C(=O)O)C(F)F.O=NN(CCCl)C(=O)NC1CCCCC1. The quantitative estimate of drug-likeness (QED) is 0.00719. The number of hydrogen-bond acceptors (Lipinski definition) is 21. The number of aromatic nitrogens is 1. The largest absolute Gasteiger partial charge is 0.496 e. The number of halogens is 4. The number of nitrogens with one attached hydrogen (secondary N) is 5. The van der Waals surface area contributed by atoms with Crippen molar-refractivity contribution in [2.75, 3.05) is 85.0 Å². The topological polar surface area (TPSA) is 375 Å². The first-order chi connectivity index (χ1) is 49.1. The number of aliphatic carboxylic acids is 1. The lowest BCUT2D eigenvalue weighted by molar-refractivity contribution is -0.228. The Morgan fingerprint density at radius 3 is 2.21 bits per heavy atom.